The first-order chi connectivity index (χ1) is 13.0. The third-order valence-corrected chi connectivity index (χ3v) is 5.73. The fourth-order valence-electron chi connectivity index (χ4n) is 3.20. The molecule has 1 aliphatic carbocycles. The van der Waals surface area contributed by atoms with Crippen LogP contribution in [0.5, 0.6) is 0 Å². The second-order valence-electron chi connectivity index (χ2n) is 7.42. The highest BCUT2D eigenvalue weighted by Crippen LogP contribution is 2.48. The Kier molecular flexibility index (Phi) is 6.26. The van der Waals surface area contributed by atoms with Crippen LogP contribution in [0.15, 0.2) is 35.7 Å². The molecule has 2 atom stereocenters. The number of aromatic nitrogens is 1. The lowest BCUT2D eigenvalue weighted by Crippen LogP contribution is -2.33. The minimum atomic E-state index is -0.441. The molecule has 3 rings (SSSR count). The first kappa shape index (κ1) is 19.5. The normalized spacial score (nSPS) is 18.4. The van der Waals surface area contributed by atoms with Crippen LogP contribution < -0.4 is 0 Å². The summed E-state index contributed by atoms with van der Waals surface area (Å²) in [5, 5.41) is 2.46. The third-order valence-electron chi connectivity index (χ3n) is 4.90. The molecule has 0 saturated heterocycles. The Hall–Kier alpha value is -2.21. The van der Waals surface area contributed by atoms with Crippen molar-refractivity contribution in [3.05, 3.63) is 52.0 Å². The van der Waals surface area contributed by atoms with Gasteiger partial charge >= 0.3 is 5.97 Å². The van der Waals surface area contributed by atoms with Crippen LogP contribution in [-0.2, 0) is 16.1 Å². The van der Waals surface area contributed by atoms with E-state index in [1.807, 2.05) is 23.1 Å². The van der Waals surface area contributed by atoms with Crippen molar-refractivity contribution in [2.75, 3.05) is 13.7 Å². The number of methoxy groups -OCH3 is 1. The van der Waals surface area contributed by atoms with E-state index in [0.717, 1.165) is 17.8 Å². The molecular formula is C21H26N2O3S. The van der Waals surface area contributed by atoms with Crippen molar-refractivity contribution in [1.82, 2.24) is 9.88 Å². The van der Waals surface area contributed by atoms with Crippen molar-refractivity contribution in [3.8, 4) is 0 Å². The van der Waals surface area contributed by atoms with Gasteiger partial charge in [-0.05, 0) is 30.2 Å². The lowest BCUT2D eigenvalue weighted by molar-refractivity contribution is -0.133. The van der Waals surface area contributed by atoms with Crippen molar-refractivity contribution in [1.29, 1.82) is 0 Å². The number of carbonyl (C=O) groups excluding carboxylic acids is 2. The summed E-state index contributed by atoms with van der Waals surface area (Å²) in [4.78, 5) is 31.0. The highest BCUT2D eigenvalue weighted by molar-refractivity contribution is 7.09. The smallest absolute Gasteiger partial charge is 0.357 e. The van der Waals surface area contributed by atoms with E-state index in [4.69, 9.17) is 4.74 Å². The Balaban J connectivity index is 1.68. The molecule has 0 bridgehead atoms. The fourth-order valence-corrected chi connectivity index (χ4v) is 3.98. The van der Waals surface area contributed by atoms with E-state index in [2.05, 4.69) is 31.0 Å². The van der Waals surface area contributed by atoms with E-state index in [-0.39, 0.29) is 11.8 Å². The number of esters is 1. The molecule has 5 nitrogen and oxygen atoms in total. The predicted molar refractivity (Wildman–Crippen MR) is 106 cm³/mol. The maximum absolute atomic E-state index is 13.1. The number of nitrogens with zero attached hydrogens (tertiary/aromatic N) is 2. The second kappa shape index (κ2) is 8.65. The summed E-state index contributed by atoms with van der Waals surface area (Å²) in [6.07, 6.45) is 1.86. The molecule has 2 aromatic rings. The number of hydrogen-bond acceptors (Lipinski definition) is 5. The molecule has 0 radical (unpaired) electrons. The van der Waals surface area contributed by atoms with Crippen LogP contribution in [0.2, 0.25) is 0 Å². The largest absolute Gasteiger partial charge is 0.464 e. The Morgan fingerprint density at radius 1 is 1.30 bits per heavy atom. The summed E-state index contributed by atoms with van der Waals surface area (Å²) in [5.74, 6) is 0.649. The first-order valence-electron chi connectivity index (χ1n) is 9.36. The summed E-state index contributed by atoms with van der Waals surface area (Å²) in [6.45, 7) is 5.48. The number of rotatable bonds is 8. The SMILES string of the molecule is COC(=O)c1csc(CN(CCC(C)C)C(=O)[C@H]2C[C@H]2c2ccccc2)n1. The van der Waals surface area contributed by atoms with Gasteiger partial charge in [0.1, 0.15) is 5.01 Å². The monoisotopic (exact) mass is 386 g/mol. The van der Waals surface area contributed by atoms with Gasteiger partial charge in [-0.1, -0.05) is 44.2 Å². The summed E-state index contributed by atoms with van der Waals surface area (Å²) in [7, 11) is 1.34. The maximum atomic E-state index is 13.1. The van der Waals surface area contributed by atoms with E-state index in [9.17, 15) is 9.59 Å². The predicted octanol–water partition coefficient (Wildman–Crippen LogP) is 4.11. The molecule has 1 aromatic carbocycles. The van der Waals surface area contributed by atoms with E-state index >= 15 is 0 Å². The molecule has 6 heteroatoms. The van der Waals surface area contributed by atoms with E-state index in [1.165, 1.54) is 24.0 Å². The molecular weight excluding hydrogens is 360 g/mol. The van der Waals surface area contributed by atoms with Crippen molar-refractivity contribution in [2.45, 2.75) is 39.2 Å². The van der Waals surface area contributed by atoms with Crippen molar-refractivity contribution >= 4 is 23.2 Å². The molecule has 0 N–H and O–H groups in total. The van der Waals surface area contributed by atoms with Crippen molar-refractivity contribution in [2.24, 2.45) is 11.8 Å². The van der Waals surface area contributed by atoms with Gasteiger partial charge in [0.05, 0.1) is 13.7 Å². The van der Waals surface area contributed by atoms with Crippen LogP contribution in [0, 0.1) is 11.8 Å². The van der Waals surface area contributed by atoms with Crippen LogP contribution in [-0.4, -0.2) is 35.4 Å². The first-order valence-corrected chi connectivity index (χ1v) is 10.2. The number of carbonyl (C=O) groups is 2. The van der Waals surface area contributed by atoms with Crippen LogP contribution >= 0.6 is 11.3 Å². The quantitative estimate of drug-likeness (QED) is 0.641. The van der Waals surface area contributed by atoms with Gasteiger partial charge in [0.15, 0.2) is 5.69 Å². The Labute approximate surface area is 164 Å². The lowest BCUT2D eigenvalue weighted by Gasteiger charge is -2.23. The van der Waals surface area contributed by atoms with Gasteiger partial charge in [-0.2, -0.15) is 0 Å². The van der Waals surface area contributed by atoms with Crippen LogP contribution in [0.3, 0.4) is 0 Å². The average molecular weight is 387 g/mol. The van der Waals surface area contributed by atoms with Gasteiger partial charge in [0.2, 0.25) is 5.91 Å². The minimum absolute atomic E-state index is 0.0552. The summed E-state index contributed by atoms with van der Waals surface area (Å²) < 4.78 is 4.72. The van der Waals surface area contributed by atoms with Gasteiger partial charge in [-0.3, -0.25) is 4.79 Å². The van der Waals surface area contributed by atoms with Gasteiger partial charge in [-0.25, -0.2) is 9.78 Å². The Bertz CT molecular complexity index is 788. The van der Waals surface area contributed by atoms with E-state index < -0.39 is 5.97 Å². The zero-order valence-corrected chi connectivity index (χ0v) is 16.9. The number of hydrogen-bond donors (Lipinski definition) is 0. The highest BCUT2D eigenvalue weighted by atomic mass is 32.1. The number of thiazole rings is 1. The summed E-state index contributed by atoms with van der Waals surface area (Å²) in [6, 6.07) is 10.2. The van der Waals surface area contributed by atoms with Gasteiger partial charge in [-0.15, -0.1) is 11.3 Å². The minimum Gasteiger partial charge on any atom is -0.464 e. The Morgan fingerprint density at radius 2 is 2.04 bits per heavy atom. The molecule has 1 fully saturated rings. The molecule has 1 heterocycles. The molecule has 1 saturated carbocycles. The third kappa shape index (κ3) is 4.95. The van der Waals surface area contributed by atoms with E-state index in [1.54, 1.807) is 5.38 Å². The van der Waals surface area contributed by atoms with Gasteiger partial charge < -0.3 is 9.64 Å². The van der Waals surface area contributed by atoms with Crippen molar-refractivity contribution in [3.63, 3.8) is 0 Å². The fraction of sp³-hybridized carbons (Fsp3) is 0.476. The molecule has 1 aliphatic rings. The molecule has 1 amide bonds. The van der Waals surface area contributed by atoms with Crippen LogP contribution in [0.1, 0.15) is 53.7 Å². The molecule has 0 spiro atoms. The molecule has 27 heavy (non-hydrogen) atoms. The highest BCUT2D eigenvalue weighted by Gasteiger charge is 2.45. The second-order valence-corrected chi connectivity index (χ2v) is 8.36. The molecule has 0 unspecified atom stereocenters. The molecule has 0 aliphatic heterocycles. The molecule has 144 valence electrons. The topological polar surface area (TPSA) is 59.5 Å². The lowest BCUT2D eigenvalue weighted by atomic mass is 10.1. The van der Waals surface area contributed by atoms with Gasteiger partial charge in [0, 0.05) is 17.8 Å². The van der Waals surface area contributed by atoms with E-state index in [0.29, 0.717) is 30.6 Å². The zero-order valence-electron chi connectivity index (χ0n) is 16.1. The maximum Gasteiger partial charge on any atom is 0.357 e. The van der Waals surface area contributed by atoms with Crippen LogP contribution in [0.4, 0.5) is 0 Å². The van der Waals surface area contributed by atoms with Crippen molar-refractivity contribution < 1.29 is 14.3 Å². The van der Waals surface area contributed by atoms with Crippen LogP contribution in [0.25, 0.3) is 0 Å². The zero-order chi connectivity index (χ0) is 19.4. The summed E-state index contributed by atoms with van der Waals surface area (Å²) in [5.41, 5.74) is 1.55. The standard InChI is InChI=1S/C21H26N2O3S/c1-14(2)9-10-23(12-19-22-18(13-27-19)21(25)26-3)20(24)17-11-16(17)15-7-5-4-6-8-15/h4-8,13-14,16-17H,9-12H2,1-3H3/t16-,17-/m0/s1. The average Bonchev–Trinajstić information content (AvgIpc) is 3.35. The number of benzene rings is 1. The number of ether oxygens (including phenoxy) is 1. The molecule has 1 aromatic heterocycles. The summed E-state index contributed by atoms with van der Waals surface area (Å²) >= 11 is 1.40. The Morgan fingerprint density at radius 3 is 2.70 bits per heavy atom. The number of amides is 1. The van der Waals surface area contributed by atoms with Gasteiger partial charge in [0.25, 0.3) is 0 Å².